The smallest absolute Gasteiger partial charge is 0.323 e. The highest BCUT2D eigenvalue weighted by Crippen LogP contribution is 2.29. The van der Waals surface area contributed by atoms with Gasteiger partial charge in [0, 0.05) is 0 Å². The van der Waals surface area contributed by atoms with Crippen LogP contribution in [0.1, 0.15) is 12.5 Å². The molecule has 0 fully saturated rings. The average Bonchev–Trinajstić information content (AvgIpc) is 2.36. The molecule has 1 aromatic rings. The van der Waals surface area contributed by atoms with Crippen molar-refractivity contribution in [3.05, 3.63) is 23.8 Å². The summed E-state index contributed by atoms with van der Waals surface area (Å²) < 4.78 is 5.16. The summed E-state index contributed by atoms with van der Waals surface area (Å²) in [5, 5.41) is 17.7. The van der Waals surface area contributed by atoms with Gasteiger partial charge >= 0.3 is 11.9 Å². The van der Waals surface area contributed by atoms with E-state index in [1.807, 2.05) is 13.0 Å². The van der Waals surface area contributed by atoms with Gasteiger partial charge in [0.2, 0.25) is 0 Å². The quantitative estimate of drug-likeness (QED) is 0.772. The van der Waals surface area contributed by atoms with Gasteiger partial charge in [0.25, 0.3) is 0 Å². The molecule has 1 aromatic carbocycles. The SMILES string of the molecule is CCc1ccc(OC)c(N(CC(=O)O)CC(=O)O)c1. The molecule has 2 N–H and O–H groups in total. The number of carboxylic acids is 2. The van der Waals surface area contributed by atoms with Gasteiger partial charge in [-0.1, -0.05) is 13.0 Å². The Morgan fingerprint density at radius 3 is 2.21 bits per heavy atom. The molecule has 0 aromatic heterocycles. The number of carboxylic acid groups (broad SMARTS) is 2. The molecule has 0 saturated carbocycles. The zero-order valence-electron chi connectivity index (χ0n) is 10.9. The van der Waals surface area contributed by atoms with Crippen molar-refractivity contribution in [2.24, 2.45) is 0 Å². The topological polar surface area (TPSA) is 87.1 Å². The Morgan fingerprint density at radius 2 is 1.79 bits per heavy atom. The van der Waals surface area contributed by atoms with Gasteiger partial charge in [0.15, 0.2) is 0 Å². The number of hydrogen-bond donors (Lipinski definition) is 2. The van der Waals surface area contributed by atoms with Crippen molar-refractivity contribution in [2.75, 3.05) is 25.1 Å². The Morgan fingerprint density at radius 1 is 1.21 bits per heavy atom. The number of aryl methyl sites for hydroxylation is 1. The first-order valence-corrected chi connectivity index (χ1v) is 5.83. The number of anilines is 1. The van der Waals surface area contributed by atoms with Crippen molar-refractivity contribution in [1.82, 2.24) is 0 Å². The van der Waals surface area contributed by atoms with Gasteiger partial charge in [-0.05, 0) is 24.1 Å². The second-order valence-corrected chi connectivity index (χ2v) is 4.00. The molecule has 6 nitrogen and oxygen atoms in total. The molecule has 0 bridgehead atoms. The number of ether oxygens (including phenoxy) is 1. The normalized spacial score (nSPS) is 10.0. The van der Waals surface area contributed by atoms with Crippen molar-refractivity contribution in [2.45, 2.75) is 13.3 Å². The van der Waals surface area contributed by atoms with Crippen LogP contribution >= 0.6 is 0 Å². The molecular formula is C13H17NO5. The Labute approximate surface area is 111 Å². The van der Waals surface area contributed by atoms with Crippen LogP contribution in [-0.2, 0) is 16.0 Å². The second kappa shape index (κ2) is 6.63. The summed E-state index contributed by atoms with van der Waals surface area (Å²) in [7, 11) is 1.46. The van der Waals surface area contributed by atoms with Crippen molar-refractivity contribution in [1.29, 1.82) is 0 Å². The highest BCUT2D eigenvalue weighted by atomic mass is 16.5. The number of benzene rings is 1. The number of aliphatic carboxylic acids is 2. The Bertz CT molecular complexity index is 456. The summed E-state index contributed by atoms with van der Waals surface area (Å²) in [5.41, 5.74) is 1.46. The van der Waals surface area contributed by atoms with Crippen LogP contribution in [0.25, 0.3) is 0 Å². The lowest BCUT2D eigenvalue weighted by atomic mass is 10.1. The number of carbonyl (C=O) groups is 2. The molecule has 0 heterocycles. The van der Waals surface area contributed by atoms with E-state index in [2.05, 4.69) is 0 Å². The van der Waals surface area contributed by atoms with Crippen LogP contribution in [0.4, 0.5) is 5.69 Å². The fraction of sp³-hybridized carbons (Fsp3) is 0.385. The van der Waals surface area contributed by atoms with Gasteiger partial charge in [0.1, 0.15) is 18.8 Å². The van der Waals surface area contributed by atoms with Gasteiger partial charge in [-0.3, -0.25) is 9.59 Å². The number of hydrogen-bond acceptors (Lipinski definition) is 4. The van der Waals surface area contributed by atoms with E-state index in [1.165, 1.54) is 12.0 Å². The van der Waals surface area contributed by atoms with Crippen molar-refractivity contribution < 1.29 is 24.5 Å². The second-order valence-electron chi connectivity index (χ2n) is 4.00. The third-order valence-corrected chi connectivity index (χ3v) is 2.64. The summed E-state index contributed by atoms with van der Waals surface area (Å²) in [5.74, 6) is -1.73. The Hall–Kier alpha value is -2.24. The van der Waals surface area contributed by atoms with E-state index in [4.69, 9.17) is 14.9 Å². The predicted octanol–water partition coefficient (Wildman–Crippen LogP) is 1.23. The van der Waals surface area contributed by atoms with Crippen LogP contribution in [0.5, 0.6) is 5.75 Å². The molecular weight excluding hydrogens is 250 g/mol. The lowest BCUT2D eigenvalue weighted by Gasteiger charge is -2.23. The lowest BCUT2D eigenvalue weighted by Crippen LogP contribution is -2.34. The van der Waals surface area contributed by atoms with Crippen LogP contribution in [-0.4, -0.2) is 42.4 Å². The van der Waals surface area contributed by atoms with E-state index in [0.717, 1.165) is 12.0 Å². The van der Waals surface area contributed by atoms with E-state index < -0.39 is 25.0 Å². The van der Waals surface area contributed by atoms with Gasteiger partial charge < -0.3 is 19.8 Å². The first kappa shape index (κ1) is 14.8. The molecule has 0 aliphatic carbocycles. The number of nitrogens with zero attached hydrogens (tertiary/aromatic N) is 1. The van der Waals surface area contributed by atoms with E-state index in [-0.39, 0.29) is 0 Å². The molecule has 0 unspecified atom stereocenters. The largest absolute Gasteiger partial charge is 0.495 e. The van der Waals surface area contributed by atoms with E-state index in [0.29, 0.717) is 11.4 Å². The van der Waals surface area contributed by atoms with Crippen molar-refractivity contribution in [3.8, 4) is 5.75 Å². The minimum absolute atomic E-state index is 0.393. The molecule has 0 radical (unpaired) electrons. The van der Waals surface area contributed by atoms with Crippen LogP contribution < -0.4 is 9.64 Å². The monoisotopic (exact) mass is 267 g/mol. The van der Waals surface area contributed by atoms with Gasteiger partial charge in [-0.2, -0.15) is 0 Å². The zero-order valence-corrected chi connectivity index (χ0v) is 10.9. The molecule has 0 aliphatic heterocycles. The highest BCUT2D eigenvalue weighted by Gasteiger charge is 2.18. The third kappa shape index (κ3) is 4.17. The summed E-state index contributed by atoms with van der Waals surface area (Å²) in [4.78, 5) is 23.0. The highest BCUT2D eigenvalue weighted by molar-refractivity contribution is 5.81. The first-order chi connectivity index (χ1) is 8.97. The standard InChI is InChI=1S/C13H17NO5/c1-3-9-4-5-11(19-2)10(6-9)14(7-12(15)16)8-13(17)18/h4-6H,3,7-8H2,1-2H3,(H,15,16)(H,17,18). The predicted molar refractivity (Wildman–Crippen MR) is 69.9 cm³/mol. The summed E-state index contributed by atoms with van der Waals surface area (Å²) >= 11 is 0. The van der Waals surface area contributed by atoms with Crippen molar-refractivity contribution in [3.63, 3.8) is 0 Å². The van der Waals surface area contributed by atoms with Gasteiger partial charge in [-0.25, -0.2) is 0 Å². The summed E-state index contributed by atoms with van der Waals surface area (Å²) in [6.07, 6.45) is 0.769. The average molecular weight is 267 g/mol. The molecule has 0 amide bonds. The zero-order chi connectivity index (χ0) is 14.4. The van der Waals surface area contributed by atoms with Crippen LogP contribution in [0, 0.1) is 0 Å². The minimum atomic E-state index is -1.09. The lowest BCUT2D eigenvalue weighted by molar-refractivity contribution is -0.136. The minimum Gasteiger partial charge on any atom is -0.495 e. The number of rotatable bonds is 7. The summed E-state index contributed by atoms with van der Waals surface area (Å²) in [6, 6.07) is 5.33. The fourth-order valence-electron chi connectivity index (χ4n) is 1.76. The van der Waals surface area contributed by atoms with Gasteiger partial charge in [0.05, 0.1) is 12.8 Å². The maximum absolute atomic E-state index is 10.8. The third-order valence-electron chi connectivity index (χ3n) is 2.64. The molecule has 0 aliphatic rings. The van der Waals surface area contributed by atoms with E-state index in [9.17, 15) is 9.59 Å². The fourth-order valence-corrected chi connectivity index (χ4v) is 1.76. The van der Waals surface area contributed by atoms with E-state index >= 15 is 0 Å². The van der Waals surface area contributed by atoms with Gasteiger partial charge in [-0.15, -0.1) is 0 Å². The molecule has 0 atom stereocenters. The molecule has 0 spiro atoms. The van der Waals surface area contributed by atoms with Crippen LogP contribution in [0.3, 0.4) is 0 Å². The molecule has 19 heavy (non-hydrogen) atoms. The maximum Gasteiger partial charge on any atom is 0.323 e. The van der Waals surface area contributed by atoms with Crippen LogP contribution in [0.15, 0.2) is 18.2 Å². The molecule has 6 heteroatoms. The number of methoxy groups -OCH3 is 1. The molecule has 104 valence electrons. The maximum atomic E-state index is 10.8. The molecule has 1 rings (SSSR count). The summed E-state index contributed by atoms with van der Waals surface area (Å²) in [6.45, 7) is 1.18. The Kier molecular flexibility index (Phi) is 5.17. The van der Waals surface area contributed by atoms with Crippen molar-refractivity contribution >= 4 is 17.6 Å². The Balaban J connectivity index is 3.17. The first-order valence-electron chi connectivity index (χ1n) is 5.83. The van der Waals surface area contributed by atoms with E-state index in [1.54, 1.807) is 12.1 Å². The molecule has 0 saturated heterocycles. The van der Waals surface area contributed by atoms with Crippen LogP contribution in [0.2, 0.25) is 0 Å².